The fourth-order valence-electron chi connectivity index (χ4n) is 15.1. The highest BCUT2D eigenvalue weighted by atomic mass is 32.2. The standard InChI is InChI=1S/C78H87N5O26S/c1-43-56(39-78(95)68(107-70(91)49-26-15-12-16-27-49)66-76(9,67(89)64(88)62(43)75(78,7)8)58(85)38-59-77(66,42-103-59)108-45(3)84)105-71(92)65(63(48-24-13-11-14-25-48)81-72(93)109-74(4,5)6)106-73(94)104-44(2)51-36-54(101-10)55(37-53(51)83(96)97)102-35-21-30-60(86)80-40-57(110(98,99)100)69(90)79-34-33-61(87)82-41-50-28-18-17-22-46(50)31-32-47-23-19-20-29-52(47)82/h11-20,22-29,36-37,44,56-59,63-66,68,85,88,95H,21,30,33-35,38-42H2,1-10H3,(H,79,90)(H,80,86)(H,81,93)(H,98,99,100)/t44?,56-,57?,58+,59+,63+,64-,65-,66+,68+,76-,77+,78-/m1/s1. The Bertz CT molecular complexity index is 4630. The van der Waals surface area contributed by atoms with Crippen LogP contribution >= 0.6 is 0 Å². The molecule has 0 radical (unpaired) electrons. The molecular weight excluding hydrogens is 1450 g/mol. The number of rotatable bonds is 25. The monoisotopic (exact) mass is 1540 g/mol. The molecule has 2 bridgehead atoms. The van der Waals surface area contributed by atoms with Gasteiger partial charge < -0.3 is 78.8 Å². The van der Waals surface area contributed by atoms with Crippen LogP contribution in [0.1, 0.15) is 145 Å². The van der Waals surface area contributed by atoms with Crippen molar-refractivity contribution in [3.8, 4) is 23.3 Å². The first-order valence-electron chi connectivity index (χ1n) is 35.4. The van der Waals surface area contributed by atoms with E-state index in [4.69, 9.17) is 42.6 Å². The van der Waals surface area contributed by atoms with Crippen molar-refractivity contribution in [2.75, 3.05) is 38.3 Å². The third-order valence-electron chi connectivity index (χ3n) is 20.7. The topological polar surface area (TPSA) is 434 Å². The highest BCUT2D eigenvalue weighted by molar-refractivity contribution is 7.87. The number of methoxy groups -OCH3 is 1. The summed E-state index contributed by atoms with van der Waals surface area (Å²) in [5.74, 6) is -2.82. The third-order valence-corrected chi connectivity index (χ3v) is 21.8. The number of Topliss-reactive ketones (excluding diaryl/α,β-unsaturated/α-hetero) is 1. The average molecular weight is 1540 g/mol. The average Bonchev–Trinajstić information content (AvgIpc) is 0.669. The third kappa shape index (κ3) is 17.0. The Labute approximate surface area is 633 Å². The lowest BCUT2D eigenvalue weighted by Crippen LogP contribution is -2.81. The van der Waals surface area contributed by atoms with Crippen LogP contribution in [0.15, 0.2) is 132 Å². The predicted molar refractivity (Wildman–Crippen MR) is 388 cm³/mol. The van der Waals surface area contributed by atoms with E-state index in [1.54, 1.807) is 57.2 Å². The number of nitrogens with one attached hydrogen (secondary N) is 3. The molecule has 1 saturated heterocycles. The molecule has 3 aliphatic carbocycles. The highest BCUT2D eigenvalue weighted by Gasteiger charge is 2.78. The number of fused-ring (bicyclic) bond motifs is 7. The molecule has 2 heterocycles. The Morgan fingerprint density at radius 3 is 2.13 bits per heavy atom. The molecule has 3 fully saturated rings. The zero-order valence-electron chi connectivity index (χ0n) is 62.0. The number of hydrogen-bond donors (Lipinski definition) is 7. The first kappa shape index (κ1) is 81.7. The van der Waals surface area contributed by atoms with E-state index < -0.39 is 182 Å². The van der Waals surface area contributed by atoms with Gasteiger partial charge in [0, 0.05) is 62.2 Å². The second-order valence-electron chi connectivity index (χ2n) is 29.2. The number of alkyl carbamates (subject to hydrolysis) is 1. The van der Waals surface area contributed by atoms with E-state index in [0.29, 0.717) is 11.3 Å². The van der Waals surface area contributed by atoms with Crippen molar-refractivity contribution in [3.05, 3.63) is 176 Å². The van der Waals surface area contributed by atoms with E-state index in [0.717, 1.165) is 30.2 Å². The van der Waals surface area contributed by atoms with Gasteiger partial charge in [-0.2, -0.15) is 8.42 Å². The van der Waals surface area contributed by atoms with Crippen molar-refractivity contribution in [1.82, 2.24) is 16.0 Å². The summed E-state index contributed by atoms with van der Waals surface area (Å²) in [5.41, 5.74) is -8.41. The lowest BCUT2D eigenvalue weighted by molar-refractivity contribution is -0.386. The molecule has 5 aromatic rings. The van der Waals surface area contributed by atoms with Crippen molar-refractivity contribution in [3.63, 3.8) is 0 Å². The van der Waals surface area contributed by atoms with Gasteiger partial charge in [0.25, 0.3) is 15.8 Å². The number of nitro benzene ring substituents is 1. The van der Waals surface area contributed by atoms with Crippen LogP contribution in [0.4, 0.5) is 21.0 Å². The van der Waals surface area contributed by atoms with Gasteiger partial charge in [-0.05, 0) is 107 Å². The van der Waals surface area contributed by atoms with Gasteiger partial charge in [-0.1, -0.05) is 105 Å². The number of anilines is 1. The first-order chi connectivity index (χ1) is 51.8. The fraction of sp³-hybridized carbons (Fsp3) is 0.449. The largest absolute Gasteiger partial charge is 0.509 e. The summed E-state index contributed by atoms with van der Waals surface area (Å²) in [6.07, 6.45) is -17.6. The number of nitrogens with zero attached hydrogens (tertiary/aromatic N) is 2. The number of amides is 4. The van der Waals surface area contributed by atoms with Crippen LogP contribution in [-0.4, -0.2) is 179 Å². The summed E-state index contributed by atoms with van der Waals surface area (Å²) >= 11 is 0. The molecule has 2 saturated carbocycles. The molecule has 31 nitrogen and oxygen atoms in total. The first-order valence-corrected chi connectivity index (χ1v) is 36.9. The Morgan fingerprint density at radius 1 is 0.845 bits per heavy atom. The maximum absolute atomic E-state index is 15.6. The molecule has 5 aliphatic rings. The van der Waals surface area contributed by atoms with E-state index >= 15 is 9.59 Å². The number of ketones is 1. The SMILES string of the molecule is COc1cc(C(C)OC(=O)O[C@@H](C(=O)O[C@@H]2C[C@@]3(O)[C@@H](OC(=O)c4ccccc4)[C@@H]4[C@]5(OC(C)=O)CO[C@H]5C[C@H](O)[C@@]4(C)C(=O)[C@H](O)C(=C2C)C3(C)C)[C@@H](NC(=O)OC(C)(C)C)c2ccccc2)c([N+](=O)[O-])cc1OCCCC(=O)NCC(C(=O)NCCC(=O)N1Cc2ccccc2C#Cc2ccccc21)S(=O)(=O)O. The minimum Gasteiger partial charge on any atom is -0.493 e. The normalized spacial score (nSPS) is 24.0. The number of carbonyl (C=O) groups is 9. The number of aliphatic hydroxyl groups excluding tert-OH is 2. The fourth-order valence-corrected chi connectivity index (χ4v) is 15.8. The summed E-state index contributed by atoms with van der Waals surface area (Å²) in [6.45, 7) is 10.7. The molecule has 0 spiro atoms. The maximum atomic E-state index is 15.6. The number of aliphatic hydroxyl groups is 3. The van der Waals surface area contributed by atoms with Crippen LogP contribution in [0.3, 0.4) is 0 Å². The molecule has 7 N–H and O–H groups in total. The molecule has 10 rings (SSSR count). The Kier molecular flexibility index (Phi) is 24.3. The Hall–Kier alpha value is -10.8. The van der Waals surface area contributed by atoms with Crippen molar-refractivity contribution in [2.45, 2.75) is 172 Å². The number of carbonyl (C=O) groups excluding carboxylic acids is 9. The summed E-state index contributed by atoms with van der Waals surface area (Å²) in [6, 6.07) is 29.6. The van der Waals surface area contributed by atoms with Crippen molar-refractivity contribution in [1.29, 1.82) is 0 Å². The van der Waals surface area contributed by atoms with Crippen molar-refractivity contribution >= 4 is 75.2 Å². The number of hydrogen-bond acceptors (Lipinski definition) is 25. The Balaban J connectivity index is 0.859. The molecule has 13 atom stereocenters. The molecule has 32 heteroatoms. The molecule has 2 aliphatic heterocycles. The van der Waals surface area contributed by atoms with E-state index in [2.05, 4.69) is 27.8 Å². The van der Waals surface area contributed by atoms with Gasteiger partial charge in [0.2, 0.25) is 23.8 Å². The minimum atomic E-state index is -5.13. The lowest BCUT2D eigenvalue weighted by atomic mass is 9.44. The zero-order valence-corrected chi connectivity index (χ0v) is 62.8. The zero-order chi connectivity index (χ0) is 80.2. The second-order valence-corrected chi connectivity index (χ2v) is 30.8. The minimum absolute atomic E-state index is 0.0327. The lowest BCUT2D eigenvalue weighted by Gasteiger charge is -2.67. The molecule has 4 amide bonds. The van der Waals surface area contributed by atoms with Gasteiger partial charge in [0.1, 0.15) is 47.8 Å². The Morgan fingerprint density at radius 2 is 1.49 bits per heavy atom. The molecular formula is C78H87N5O26S. The van der Waals surface area contributed by atoms with E-state index in [-0.39, 0.29) is 84.7 Å². The van der Waals surface area contributed by atoms with E-state index in [9.17, 15) is 72.0 Å². The number of benzene rings is 5. The molecule has 586 valence electrons. The summed E-state index contributed by atoms with van der Waals surface area (Å²) in [5, 5.41) is 56.7. The smallest absolute Gasteiger partial charge is 0.493 e. The number of esters is 3. The number of ether oxygens (including phenoxy) is 9. The van der Waals surface area contributed by atoms with Gasteiger partial charge >= 0.3 is 30.2 Å². The molecule has 2 unspecified atom stereocenters. The van der Waals surface area contributed by atoms with Gasteiger partial charge in [-0.25, -0.2) is 19.2 Å². The van der Waals surface area contributed by atoms with Gasteiger partial charge in [-0.15, -0.1) is 0 Å². The van der Waals surface area contributed by atoms with Crippen LogP contribution < -0.4 is 30.3 Å². The van der Waals surface area contributed by atoms with Gasteiger partial charge in [0.15, 0.2) is 28.1 Å². The van der Waals surface area contributed by atoms with Gasteiger partial charge in [-0.3, -0.25) is 38.6 Å². The molecule has 110 heavy (non-hydrogen) atoms. The second kappa shape index (κ2) is 32.8. The van der Waals surface area contributed by atoms with Gasteiger partial charge in [0.05, 0.1) is 72.1 Å². The van der Waals surface area contributed by atoms with E-state index in [1.807, 2.05) is 24.3 Å². The molecule has 5 aromatic carbocycles. The molecule has 0 aromatic heterocycles. The van der Waals surface area contributed by atoms with Crippen LogP contribution in [0.25, 0.3) is 0 Å². The summed E-state index contributed by atoms with van der Waals surface area (Å²) < 4.78 is 88.3. The highest BCUT2D eigenvalue weighted by Crippen LogP contribution is 2.64. The van der Waals surface area contributed by atoms with Crippen LogP contribution in [0.2, 0.25) is 0 Å². The van der Waals surface area contributed by atoms with Crippen LogP contribution in [0, 0.1) is 38.7 Å². The quantitative estimate of drug-likeness (QED) is 0.00448. The summed E-state index contributed by atoms with van der Waals surface area (Å²) in [7, 11) is -3.95. The van der Waals surface area contributed by atoms with Crippen molar-refractivity contribution < 1.29 is 119 Å². The predicted octanol–water partition coefficient (Wildman–Crippen LogP) is 7.08. The van der Waals surface area contributed by atoms with E-state index in [1.165, 1.54) is 95.2 Å². The van der Waals surface area contributed by atoms with Crippen molar-refractivity contribution in [2.24, 2.45) is 16.7 Å². The van der Waals surface area contributed by atoms with Crippen LogP contribution in [-0.2, 0) is 78.6 Å². The van der Waals surface area contributed by atoms with Crippen LogP contribution in [0.5, 0.6) is 11.5 Å². The number of para-hydroxylation sites is 1. The maximum Gasteiger partial charge on any atom is 0.509 e. The number of nitro groups is 1. The summed E-state index contributed by atoms with van der Waals surface area (Å²) in [4.78, 5) is 141.